The molecule has 18 heavy (non-hydrogen) atoms. The van der Waals surface area contributed by atoms with E-state index in [1.54, 1.807) is 4.90 Å². The molecule has 0 unspecified atom stereocenters. The maximum Gasteiger partial charge on any atom is 0.258 e. The van der Waals surface area contributed by atoms with Crippen molar-refractivity contribution in [2.24, 2.45) is 0 Å². The first-order valence-electron chi connectivity index (χ1n) is 5.89. The minimum Gasteiger partial charge on any atom is -0.507 e. The summed E-state index contributed by atoms with van der Waals surface area (Å²) in [7, 11) is 0. The Morgan fingerprint density at radius 1 is 1.39 bits per heavy atom. The Bertz CT molecular complexity index is 454. The summed E-state index contributed by atoms with van der Waals surface area (Å²) in [6, 6.07) is 3.19. The van der Waals surface area contributed by atoms with Crippen molar-refractivity contribution in [1.29, 1.82) is 0 Å². The number of hydrogen-bond donors (Lipinski definition) is 1. The molecule has 1 heterocycles. The van der Waals surface area contributed by atoms with Crippen LogP contribution in [0.25, 0.3) is 0 Å². The number of hydrogen-bond acceptors (Lipinski definition) is 3. The van der Waals surface area contributed by atoms with Crippen LogP contribution in [0.2, 0.25) is 0 Å². The fourth-order valence-corrected chi connectivity index (χ4v) is 2.22. The number of carbonyl (C=O) groups is 1. The Labute approximate surface area is 105 Å². The first-order chi connectivity index (χ1) is 8.50. The van der Waals surface area contributed by atoms with Gasteiger partial charge in [0.1, 0.15) is 11.6 Å². The molecular weight excluding hydrogens is 237 g/mol. The van der Waals surface area contributed by atoms with Gasteiger partial charge in [-0.25, -0.2) is 4.39 Å². The average Bonchev–Trinajstić information content (AvgIpc) is 2.32. The monoisotopic (exact) mass is 253 g/mol. The van der Waals surface area contributed by atoms with Crippen molar-refractivity contribution in [3.63, 3.8) is 0 Å². The van der Waals surface area contributed by atoms with Gasteiger partial charge in [-0.15, -0.1) is 0 Å². The lowest BCUT2D eigenvalue weighted by Gasteiger charge is -2.38. The average molecular weight is 253 g/mol. The Balaban J connectivity index is 2.32. The largest absolute Gasteiger partial charge is 0.507 e. The highest BCUT2D eigenvalue weighted by molar-refractivity contribution is 5.97. The number of benzene rings is 1. The molecule has 1 aliphatic rings. The SMILES string of the molecule is C[C@@H]1COC[C@@H](C)N1C(=O)c1cc(F)ccc1O. The maximum absolute atomic E-state index is 13.2. The first-order valence-corrected chi connectivity index (χ1v) is 5.89. The number of carbonyl (C=O) groups excluding carboxylic acids is 1. The van der Waals surface area contributed by atoms with Crippen LogP contribution < -0.4 is 0 Å². The summed E-state index contributed by atoms with van der Waals surface area (Å²) in [6.45, 7) is 4.63. The molecule has 1 N–H and O–H groups in total. The Hall–Kier alpha value is -1.62. The number of aromatic hydroxyl groups is 1. The molecule has 1 saturated heterocycles. The van der Waals surface area contributed by atoms with Crippen molar-refractivity contribution in [1.82, 2.24) is 4.90 Å². The predicted molar refractivity (Wildman–Crippen MR) is 64.0 cm³/mol. The van der Waals surface area contributed by atoms with Crippen LogP contribution in [-0.2, 0) is 4.74 Å². The van der Waals surface area contributed by atoms with E-state index in [-0.39, 0.29) is 29.3 Å². The second-order valence-electron chi connectivity index (χ2n) is 4.61. The van der Waals surface area contributed by atoms with Crippen molar-refractivity contribution in [2.75, 3.05) is 13.2 Å². The van der Waals surface area contributed by atoms with E-state index in [2.05, 4.69) is 0 Å². The number of halogens is 1. The molecule has 1 fully saturated rings. The normalized spacial score (nSPS) is 24.1. The van der Waals surface area contributed by atoms with Crippen molar-refractivity contribution < 1.29 is 19.0 Å². The van der Waals surface area contributed by atoms with Crippen molar-refractivity contribution >= 4 is 5.91 Å². The number of rotatable bonds is 1. The minimum absolute atomic E-state index is 0.00407. The van der Waals surface area contributed by atoms with Crippen LogP contribution in [0.5, 0.6) is 5.75 Å². The molecule has 0 bridgehead atoms. The molecular formula is C13H16FNO3. The van der Waals surface area contributed by atoms with Crippen LogP contribution in [0.1, 0.15) is 24.2 Å². The summed E-state index contributed by atoms with van der Waals surface area (Å²) in [4.78, 5) is 14.0. The van der Waals surface area contributed by atoms with Gasteiger partial charge in [0, 0.05) is 0 Å². The molecule has 0 aliphatic carbocycles. The summed E-state index contributed by atoms with van der Waals surface area (Å²) < 4.78 is 18.5. The number of morpholine rings is 1. The zero-order chi connectivity index (χ0) is 13.3. The van der Waals surface area contributed by atoms with Gasteiger partial charge in [0.15, 0.2) is 0 Å². The topological polar surface area (TPSA) is 49.8 Å². The van der Waals surface area contributed by atoms with Gasteiger partial charge in [-0.1, -0.05) is 0 Å². The Morgan fingerprint density at radius 2 is 2.00 bits per heavy atom. The third-order valence-corrected chi connectivity index (χ3v) is 3.09. The highest BCUT2D eigenvalue weighted by Crippen LogP contribution is 2.23. The zero-order valence-corrected chi connectivity index (χ0v) is 10.4. The highest BCUT2D eigenvalue weighted by atomic mass is 19.1. The summed E-state index contributed by atoms with van der Waals surface area (Å²) in [6.07, 6.45) is 0. The number of nitrogens with zero attached hydrogens (tertiary/aromatic N) is 1. The Morgan fingerprint density at radius 3 is 2.61 bits per heavy atom. The molecule has 98 valence electrons. The lowest BCUT2D eigenvalue weighted by atomic mass is 10.1. The molecule has 2 rings (SSSR count). The number of phenols is 1. The summed E-state index contributed by atoms with van der Waals surface area (Å²) >= 11 is 0. The lowest BCUT2D eigenvalue weighted by Crippen LogP contribution is -2.52. The second-order valence-corrected chi connectivity index (χ2v) is 4.61. The summed E-state index contributed by atoms with van der Waals surface area (Å²) in [5, 5.41) is 9.66. The number of amides is 1. The fraction of sp³-hybridized carbons (Fsp3) is 0.462. The molecule has 1 aromatic rings. The molecule has 0 radical (unpaired) electrons. The van der Waals surface area contributed by atoms with E-state index in [9.17, 15) is 14.3 Å². The Kier molecular flexibility index (Phi) is 3.52. The predicted octanol–water partition coefficient (Wildman–Crippen LogP) is 1.78. The molecule has 0 saturated carbocycles. The molecule has 1 amide bonds. The van der Waals surface area contributed by atoms with E-state index in [0.717, 1.165) is 12.1 Å². The first kappa shape index (κ1) is 12.8. The molecule has 0 spiro atoms. The smallest absolute Gasteiger partial charge is 0.258 e. The number of ether oxygens (including phenoxy) is 1. The van der Waals surface area contributed by atoms with E-state index < -0.39 is 5.82 Å². The van der Waals surface area contributed by atoms with E-state index in [1.165, 1.54) is 6.07 Å². The minimum atomic E-state index is -0.537. The van der Waals surface area contributed by atoms with Gasteiger partial charge in [-0.2, -0.15) is 0 Å². The third kappa shape index (κ3) is 2.31. The summed E-state index contributed by atoms with van der Waals surface area (Å²) in [5.74, 6) is -1.10. The molecule has 4 nitrogen and oxygen atoms in total. The molecule has 5 heteroatoms. The van der Waals surface area contributed by atoms with Gasteiger partial charge in [-0.05, 0) is 32.0 Å². The van der Waals surface area contributed by atoms with Crippen LogP contribution in [0.15, 0.2) is 18.2 Å². The molecule has 1 aromatic carbocycles. The van der Waals surface area contributed by atoms with E-state index >= 15 is 0 Å². The van der Waals surface area contributed by atoms with E-state index in [1.807, 2.05) is 13.8 Å². The second kappa shape index (κ2) is 4.94. The van der Waals surface area contributed by atoms with Gasteiger partial charge in [0.2, 0.25) is 0 Å². The maximum atomic E-state index is 13.2. The van der Waals surface area contributed by atoms with Crippen molar-refractivity contribution in [2.45, 2.75) is 25.9 Å². The van der Waals surface area contributed by atoms with Gasteiger partial charge >= 0.3 is 0 Å². The van der Waals surface area contributed by atoms with E-state index in [4.69, 9.17) is 4.74 Å². The number of phenolic OH excluding ortho intramolecular Hbond substituents is 1. The van der Waals surface area contributed by atoms with Crippen LogP contribution in [0.3, 0.4) is 0 Å². The van der Waals surface area contributed by atoms with Crippen LogP contribution in [0.4, 0.5) is 4.39 Å². The van der Waals surface area contributed by atoms with Gasteiger partial charge < -0.3 is 14.7 Å². The third-order valence-electron chi connectivity index (χ3n) is 3.09. The summed E-state index contributed by atoms with van der Waals surface area (Å²) in [5.41, 5.74) is -0.00407. The van der Waals surface area contributed by atoms with Gasteiger partial charge in [0.25, 0.3) is 5.91 Å². The molecule has 0 aromatic heterocycles. The molecule has 1 aliphatic heterocycles. The van der Waals surface area contributed by atoms with Crippen molar-refractivity contribution in [3.05, 3.63) is 29.6 Å². The van der Waals surface area contributed by atoms with Crippen LogP contribution in [-0.4, -0.2) is 41.2 Å². The zero-order valence-electron chi connectivity index (χ0n) is 10.4. The fourth-order valence-electron chi connectivity index (χ4n) is 2.22. The lowest BCUT2D eigenvalue weighted by molar-refractivity contribution is -0.0250. The highest BCUT2D eigenvalue weighted by Gasteiger charge is 2.31. The van der Waals surface area contributed by atoms with Gasteiger partial charge in [-0.3, -0.25) is 4.79 Å². The van der Waals surface area contributed by atoms with Crippen LogP contribution >= 0.6 is 0 Å². The van der Waals surface area contributed by atoms with Gasteiger partial charge in [0.05, 0.1) is 30.9 Å². The standard InChI is InChI=1S/C13H16FNO3/c1-8-6-18-7-9(2)15(8)13(17)11-5-10(14)3-4-12(11)16/h3-5,8-9,16H,6-7H2,1-2H3/t8-,9-/m1/s1. The van der Waals surface area contributed by atoms with Crippen LogP contribution in [0, 0.1) is 5.82 Å². The van der Waals surface area contributed by atoms with Crippen molar-refractivity contribution in [3.8, 4) is 5.75 Å². The quantitative estimate of drug-likeness (QED) is 0.830. The van der Waals surface area contributed by atoms with E-state index in [0.29, 0.717) is 13.2 Å². The molecule has 2 atom stereocenters.